The van der Waals surface area contributed by atoms with Crippen LogP contribution in [0.15, 0.2) is 100 Å². The van der Waals surface area contributed by atoms with Crippen LogP contribution >= 0.6 is 0 Å². The molecular formula is C32H37NO2. The van der Waals surface area contributed by atoms with Gasteiger partial charge in [-0.25, -0.2) is 0 Å². The first kappa shape index (κ1) is 24.9. The van der Waals surface area contributed by atoms with E-state index in [-0.39, 0.29) is 16.7 Å². The van der Waals surface area contributed by atoms with Gasteiger partial charge in [-0.2, -0.15) is 0 Å². The Morgan fingerprint density at radius 1 is 0.886 bits per heavy atom. The lowest BCUT2D eigenvalue weighted by atomic mass is 9.83. The van der Waals surface area contributed by atoms with Gasteiger partial charge in [0.05, 0.1) is 18.5 Å². The topological polar surface area (TPSA) is 45.7 Å². The summed E-state index contributed by atoms with van der Waals surface area (Å²) in [7, 11) is 0. The number of allylic oxidation sites excluding steroid dienone is 3. The van der Waals surface area contributed by atoms with E-state index < -0.39 is 6.10 Å². The average molecular weight is 468 g/mol. The third-order valence-electron chi connectivity index (χ3n) is 6.69. The Hall–Kier alpha value is -3.17. The molecular weight excluding hydrogens is 430 g/mol. The van der Waals surface area contributed by atoms with Crippen molar-refractivity contribution >= 4 is 5.71 Å². The van der Waals surface area contributed by atoms with Crippen LogP contribution < -0.4 is 0 Å². The summed E-state index contributed by atoms with van der Waals surface area (Å²) in [5.41, 5.74) is 6.52. The number of rotatable bonds is 6. The molecule has 3 heteroatoms. The molecule has 1 aromatic heterocycles. The van der Waals surface area contributed by atoms with E-state index >= 15 is 0 Å². The van der Waals surface area contributed by atoms with Gasteiger partial charge in [-0.15, -0.1) is 0 Å². The molecule has 3 nitrogen and oxygen atoms in total. The Kier molecular flexibility index (Phi) is 7.00. The van der Waals surface area contributed by atoms with Crippen LogP contribution in [0.3, 0.4) is 0 Å². The van der Waals surface area contributed by atoms with Crippen LogP contribution in [-0.2, 0) is 17.4 Å². The fraction of sp³-hybridized carbons (Fsp3) is 0.344. The summed E-state index contributed by atoms with van der Waals surface area (Å²) in [6.07, 6.45) is 7.15. The molecule has 0 radical (unpaired) electrons. The maximum atomic E-state index is 11.4. The molecule has 2 atom stereocenters. The van der Waals surface area contributed by atoms with Crippen molar-refractivity contribution in [1.82, 2.24) is 0 Å². The third-order valence-corrected chi connectivity index (χ3v) is 6.69. The molecule has 0 bridgehead atoms. The molecule has 2 aromatic carbocycles. The highest BCUT2D eigenvalue weighted by atomic mass is 16.3. The molecule has 4 rings (SSSR count). The van der Waals surface area contributed by atoms with E-state index in [0.717, 1.165) is 28.2 Å². The smallest absolute Gasteiger partial charge is 0.125 e. The minimum Gasteiger partial charge on any atom is -0.467 e. The third kappa shape index (κ3) is 5.74. The van der Waals surface area contributed by atoms with Crippen molar-refractivity contribution in [3.63, 3.8) is 0 Å². The Labute approximate surface area is 209 Å². The lowest BCUT2D eigenvalue weighted by Crippen LogP contribution is -2.20. The zero-order valence-corrected chi connectivity index (χ0v) is 21.7. The van der Waals surface area contributed by atoms with Crippen molar-refractivity contribution < 1.29 is 9.52 Å². The molecule has 0 spiro atoms. The van der Waals surface area contributed by atoms with E-state index in [9.17, 15) is 5.11 Å². The number of furan rings is 1. The van der Waals surface area contributed by atoms with E-state index in [1.54, 1.807) is 6.26 Å². The second-order valence-corrected chi connectivity index (χ2v) is 11.4. The predicted octanol–water partition coefficient (Wildman–Crippen LogP) is 7.71. The van der Waals surface area contributed by atoms with Crippen molar-refractivity contribution in [1.29, 1.82) is 0 Å². The second kappa shape index (κ2) is 9.83. The van der Waals surface area contributed by atoms with Gasteiger partial charge < -0.3 is 9.52 Å². The first-order valence-corrected chi connectivity index (χ1v) is 12.4. The summed E-state index contributed by atoms with van der Waals surface area (Å²) < 4.78 is 5.54. The molecule has 0 aliphatic heterocycles. The minimum absolute atomic E-state index is 0.0745. The van der Waals surface area contributed by atoms with Crippen molar-refractivity contribution in [2.75, 3.05) is 0 Å². The van der Waals surface area contributed by atoms with Crippen LogP contribution in [0.1, 0.15) is 75.7 Å². The molecule has 182 valence electrons. The van der Waals surface area contributed by atoms with Crippen molar-refractivity contribution in [3.05, 3.63) is 119 Å². The van der Waals surface area contributed by atoms with Crippen molar-refractivity contribution in [2.24, 2.45) is 10.9 Å². The van der Waals surface area contributed by atoms with Gasteiger partial charge in [0.25, 0.3) is 0 Å². The van der Waals surface area contributed by atoms with Crippen LogP contribution in [0.2, 0.25) is 0 Å². The van der Waals surface area contributed by atoms with Gasteiger partial charge in [-0.1, -0.05) is 108 Å². The van der Waals surface area contributed by atoms with Gasteiger partial charge in [0.15, 0.2) is 0 Å². The lowest BCUT2D eigenvalue weighted by Gasteiger charge is -2.24. The van der Waals surface area contributed by atoms with Gasteiger partial charge >= 0.3 is 0 Å². The zero-order chi connectivity index (χ0) is 25.2. The van der Waals surface area contributed by atoms with Crippen LogP contribution in [0.25, 0.3) is 0 Å². The van der Waals surface area contributed by atoms with Gasteiger partial charge in [0, 0.05) is 5.92 Å². The monoisotopic (exact) mass is 467 g/mol. The summed E-state index contributed by atoms with van der Waals surface area (Å²) in [4.78, 5) is 5.00. The maximum absolute atomic E-state index is 11.4. The SMILES string of the molecule is CC(C)(C)c1ccc(C(=NCc2ccco2)C2C=CC=C2C(O)c2ccc(C(C)(C)C)cc2)cc1. The molecule has 3 aromatic rings. The number of hydrogen-bond acceptors (Lipinski definition) is 3. The molecule has 0 saturated carbocycles. The number of aliphatic hydroxyl groups excluding tert-OH is 1. The summed E-state index contributed by atoms with van der Waals surface area (Å²) in [5, 5.41) is 11.4. The van der Waals surface area contributed by atoms with Crippen LogP contribution in [0.5, 0.6) is 0 Å². The molecule has 2 unspecified atom stereocenters. The Morgan fingerprint density at radius 2 is 1.49 bits per heavy atom. The number of hydrogen-bond donors (Lipinski definition) is 1. The number of benzene rings is 2. The summed E-state index contributed by atoms with van der Waals surface area (Å²) >= 11 is 0. The largest absolute Gasteiger partial charge is 0.467 e. The molecule has 1 heterocycles. The van der Waals surface area contributed by atoms with Crippen molar-refractivity contribution in [2.45, 2.75) is 65.0 Å². The average Bonchev–Trinajstić information content (AvgIpc) is 3.51. The first-order chi connectivity index (χ1) is 16.5. The van der Waals surface area contributed by atoms with Crippen LogP contribution in [0.4, 0.5) is 0 Å². The van der Waals surface area contributed by atoms with E-state index in [1.165, 1.54) is 11.1 Å². The van der Waals surface area contributed by atoms with Crippen LogP contribution in [-0.4, -0.2) is 10.8 Å². The quantitative estimate of drug-likeness (QED) is 0.377. The van der Waals surface area contributed by atoms with Crippen LogP contribution in [0, 0.1) is 5.92 Å². The van der Waals surface area contributed by atoms with E-state index in [1.807, 2.05) is 36.4 Å². The second-order valence-electron chi connectivity index (χ2n) is 11.4. The predicted molar refractivity (Wildman–Crippen MR) is 145 cm³/mol. The summed E-state index contributed by atoms with van der Waals surface area (Å²) in [6.45, 7) is 13.7. The fourth-order valence-corrected chi connectivity index (χ4v) is 4.44. The van der Waals surface area contributed by atoms with Gasteiger partial charge in [0.2, 0.25) is 0 Å². The zero-order valence-electron chi connectivity index (χ0n) is 21.7. The standard InChI is InChI=1S/C32H37NO2/c1-31(2,3)24-16-12-22(13-17-24)29(33-21-26-9-8-20-35-26)27-10-7-11-28(27)30(34)23-14-18-25(19-15-23)32(4,5)6/h7-20,27,30,34H,21H2,1-6H3. The number of nitrogens with zero attached hydrogens (tertiary/aromatic N) is 1. The lowest BCUT2D eigenvalue weighted by molar-refractivity contribution is 0.210. The van der Waals surface area contributed by atoms with Gasteiger partial charge in [-0.3, -0.25) is 4.99 Å². The fourth-order valence-electron chi connectivity index (χ4n) is 4.44. The van der Waals surface area contributed by atoms with E-state index in [0.29, 0.717) is 6.54 Å². The Morgan fingerprint density at radius 3 is 2.03 bits per heavy atom. The van der Waals surface area contributed by atoms with Gasteiger partial charge in [-0.05, 0) is 50.8 Å². The molecule has 1 N–H and O–H groups in total. The van der Waals surface area contributed by atoms with Crippen molar-refractivity contribution in [3.8, 4) is 0 Å². The van der Waals surface area contributed by atoms with E-state index in [2.05, 4.69) is 84.0 Å². The molecule has 0 fully saturated rings. The highest BCUT2D eigenvalue weighted by molar-refractivity contribution is 6.05. The maximum Gasteiger partial charge on any atom is 0.125 e. The minimum atomic E-state index is -0.702. The van der Waals surface area contributed by atoms with Gasteiger partial charge in [0.1, 0.15) is 11.9 Å². The number of aliphatic imine (C=N–C) groups is 1. The molecule has 1 aliphatic rings. The Balaban J connectivity index is 1.66. The molecule has 1 aliphatic carbocycles. The molecule has 0 amide bonds. The summed E-state index contributed by atoms with van der Waals surface area (Å²) in [6, 6.07) is 20.8. The summed E-state index contributed by atoms with van der Waals surface area (Å²) in [5.74, 6) is 0.711. The molecule has 0 saturated heterocycles. The Bertz CT molecular complexity index is 1210. The molecule has 35 heavy (non-hydrogen) atoms. The highest BCUT2D eigenvalue weighted by Gasteiger charge is 2.28. The first-order valence-electron chi connectivity index (χ1n) is 12.4. The van der Waals surface area contributed by atoms with E-state index in [4.69, 9.17) is 9.41 Å². The highest BCUT2D eigenvalue weighted by Crippen LogP contribution is 2.36. The number of aliphatic hydroxyl groups is 1. The normalized spacial score (nSPS) is 17.5.